The zero-order valence-corrected chi connectivity index (χ0v) is 21.8. The van der Waals surface area contributed by atoms with Gasteiger partial charge in [0.2, 0.25) is 17.7 Å². The molecule has 36 heavy (non-hydrogen) atoms. The largest absolute Gasteiger partial charge is 0.444 e. The number of ether oxygens (including phenoxy) is 1. The zero-order valence-electron chi connectivity index (χ0n) is 21.8. The van der Waals surface area contributed by atoms with Crippen molar-refractivity contribution in [2.75, 3.05) is 27.2 Å². The minimum absolute atomic E-state index is 0.0304. The fourth-order valence-corrected chi connectivity index (χ4v) is 4.98. The van der Waals surface area contributed by atoms with Gasteiger partial charge in [0.25, 0.3) is 5.92 Å². The molecule has 202 valence electrons. The van der Waals surface area contributed by atoms with Gasteiger partial charge >= 0.3 is 6.09 Å². The molecule has 1 aliphatic heterocycles. The monoisotopic (exact) mass is 513 g/mol. The molecular weight excluding hydrogens is 476 g/mol. The SMILES string of the molecule is Cc1noc(C2CCC([C@H](C(=O)N(C)C)[C@H](NC(=O)OC(C)(C)C)C(=O)N3CCC(F)(F)C3)CC2)n1. The van der Waals surface area contributed by atoms with E-state index >= 15 is 0 Å². The standard InChI is InChI=1S/C24H37F2N5O5/c1-14-27-19(36-29-14)16-9-7-15(8-10-16)17(20(32)30(5)6)18(28-22(34)35-23(2,3)4)21(33)31-12-11-24(25,26)13-31/h15-18H,7-13H2,1-6H3,(H,28,34)/t15?,16?,17-,18-/m0/s1. The number of hydrogen-bond donors (Lipinski definition) is 1. The molecule has 3 amide bonds. The molecule has 0 bridgehead atoms. The Morgan fingerprint density at radius 2 is 1.83 bits per heavy atom. The van der Waals surface area contributed by atoms with Gasteiger partial charge in [-0.1, -0.05) is 5.16 Å². The first kappa shape index (κ1) is 27.8. The molecule has 0 radical (unpaired) electrons. The second kappa shape index (κ2) is 10.7. The molecule has 1 saturated carbocycles. The van der Waals surface area contributed by atoms with E-state index in [0.29, 0.717) is 37.4 Å². The van der Waals surface area contributed by atoms with Crippen molar-refractivity contribution < 1.29 is 32.4 Å². The van der Waals surface area contributed by atoms with Crippen LogP contribution < -0.4 is 5.32 Å². The lowest BCUT2D eigenvalue weighted by Gasteiger charge is -2.38. The summed E-state index contributed by atoms with van der Waals surface area (Å²) in [7, 11) is 3.14. The molecule has 1 aliphatic carbocycles. The molecule has 2 heterocycles. The first-order chi connectivity index (χ1) is 16.7. The van der Waals surface area contributed by atoms with E-state index in [9.17, 15) is 23.2 Å². The second-order valence-electron chi connectivity index (χ2n) is 11.0. The number of amides is 3. The molecule has 2 fully saturated rings. The Bertz CT molecular complexity index is 953. The number of aryl methyl sites for hydroxylation is 1. The summed E-state index contributed by atoms with van der Waals surface area (Å²) in [5.41, 5.74) is -0.848. The molecular formula is C24H37F2N5O5. The molecule has 1 saturated heterocycles. The Kier molecular flexibility index (Phi) is 8.24. The van der Waals surface area contributed by atoms with Gasteiger partial charge in [-0.15, -0.1) is 0 Å². The number of alkyl carbamates (subject to hydrolysis) is 1. The molecule has 10 nitrogen and oxygen atoms in total. The van der Waals surface area contributed by atoms with Gasteiger partial charge < -0.3 is 24.4 Å². The summed E-state index contributed by atoms with van der Waals surface area (Å²) in [5, 5.41) is 6.42. The van der Waals surface area contributed by atoms with Crippen LogP contribution in [0.25, 0.3) is 0 Å². The average Bonchev–Trinajstić information content (AvgIpc) is 3.36. The maximum Gasteiger partial charge on any atom is 0.408 e. The highest BCUT2D eigenvalue weighted by Crippen LogP contribution is 2.40. The van der Waals surface area contributed by atoms with E-state index in [4.69, 9.17) is 9.26 Å². The highest BCUT2D eigenvalue weighted by Gasteiger charge is 2.48. The fourth-order valence-electron chi connectivity index (χ4n) is 4.98. The Labute approximate surface area is 210 Å². The topological polar surface area (TPSA) is 118 Å². The molecule has 12 heteroatoms. The van der Waals surface area contributed by atoms with Crippen molar-refractivity contribution in [3.8, 4) is 0 Å². The highest BCUT2D eigenvalue weighted by molar-refractivity contribution is 5.92. The van der Waals surface area contributed by atoms with E-state index in [1.165, 1.54) is 4.90 Å². The van der Waals surface area contributed by atoms with Crippen LogP contribution in [0.15, 0.2) is 4.52 Å². The lowest BCUT2D eigenvalue weighted by Crippen LogP contribution is -2.58. The third kappa shape index (κ3) is 6.91. The summed E-state index contributed by atoms with van der Waals surface area (Å²) in [6.45, 7) is 5.87. The Morgan fingerprint density at radius 1 is 1.19 bits per heavy atom. The van der Waals surface area contributed by atoms with Crippen LogP contribution in [0.3, 0.4) is 0 Å². The molecule has 0 aromatic carbocycles. The maximum atomic E-state index is 14.0. The molecule has 2 aliphatic rings. The van der Waals surface area contributed by atoms with E-state index in [-0.39, 0.29) is 24.3 Å². The van der Waals surface area contributed by atoms with Crippen LogP contribution in [0.4, 0.5) is 13.6 Å². The van der Waals surface area contributed by atoms with Crippen LogP contribution in [-0.2, 0) is 14.3 Å². The zero-order chi connectivity index (χ0) is 26.8. The van der Waals surface area contributed by atoms with Crippen LogP contribution in [0.5, 0.6) is 0 Å². The van der Waals surface area contributed by atoms with Gasteiger partial charge in [0.15, 0.2) is 5.82 Å². The number of rotatable bonds is 6. The van der Waals surface area contributed by atoms with Crippen molar-refractivity contribution in [3.63, 3.8) is 0 Å². The van der Waals surface area contributed by atoms with E-state index in [1.54, 1.807) is 41.8 Å². The normalized spacial score (nSPS) is 23.6. The Hall–Kier alpha value is -2.79. The van der Waals surface area contributed by atoms with Crippen LogP contribution >= 0.6 is 0 Å². The Balaban J connectivity index is 1.87. The van der Waals surface area contributed by atoms with Crippen molar-refractivity contribution in [2.45, 2.75) is 83.3 Å². The highest BCUT2D eigenvalue weighted by atomic mass is 19.3. The minimum Gasteiger partial charge on any atom is -0.444 e. The number of halogens is 2. The van der Waals surface area contributed by atoms with Gasteiger partial charge in [-0.3, -0.25) is 9.59 Å². The number of likely N-dealkylation sites (tertiary alicyclic amines) is 1. The summed E-state index contributed by atoms with van der Waals surface area (Å²) in [4.78, 5) is 46.4. The predicted octanol–water partition coefficient (Wildman–Crippen LogP) is 3.12. The lowest BCUT2D eigenvalue weighted by molar-refractivity contribution is -0.145. The number of carbonyl (C=O) groups is 3. The van der Waals surface area contributed by atoms with Gasteiger partial charge in [0, 0.05) is 33.0 Å². The number of hydrogen-bond acceptors (Lipinski definition) is 7. The van der Waals surface area contributed by atoms with Crippen molar-refractivity contribution >= 4 is 17.9 Å². The minimum atomic E-state index is -3.01. The van der Waals surface area contributed by atoms with Crippen LogP contribution in [0.1, 0.15) is 70.5 Å². The second-order valence-corrected chi connectivity index (χ2v) is 11.0. The number of nitrogens with one attached hydrogen (secondary N) is 1. The summed E-state index contributed by atoms with van der Waals surface area (Å²) in [6.07, 6.45) is 1.09. The van der Waals surface area contributed by atoms with Gasteiger partial charge in [-0.25, -0.2) is 13.6 Å². The molecule has 1 aromatic rings. The summed E-state index contributed by atoms with van der Waals surface area (Å²) in [6, 6.07) is -1.34. The quantitative estimate of drug-likeness (QED) is 0.621. The summed E-state index contributed by atoms with van der Waals surface area (Å²) < 4.78 is 38.6. The van der Waals surface area contributed by atoms with Gasteiger partial charge in [-0.2, -0.15) is 4.98 Å². The third-order valence-electron chi connectivity index (χ3n) is 6.68. The number of aromatic nitrogens is 2. The lowest BCUT2D eigenvalue weighted by atomic mass is 9.72. The van der Waals surface area contributed by atoms with Crippen molar-refractivity contribution in [1.82, 2.24) is 25.3 Å². The van der Waals surface area contributed by atoms with E-state index in [0.717, 1.165) is 4.90 Å². The van der Waals surface area contributed by atoms with Gasteiger partial charge in [0.05, 0.1) is 12.5 Å². The van der Waals surface area contributed by atoms with Crippen molar-refractivity contribution in [1.29, 1.82) is 0 Å². The molecule has 2 atom stereocenters. The number of alkyl halides is 2. The van der Waals surface area contributed by atoms with E-state index < -0.39 is 48.4 Å². The first-order valence-corrected chi connectivity index (χ1v) is 12.3. The summed E-state index contributed by atoms with van der Waals surface area (Å²) >= 11 is 0. The smallest absolute Gasteiger partial charge is 0.408 e. The Morgan fingerprint density at radius 3 is 2.31 bits per heavy atom. The van der Waals surface area contributed by atoms with Crippen LogP contribution in [-0.4, -0.2) is 82.6 Å². The third-order valence-corrected chi connectivity index (χ3v) is 6.68. The maximum absolute atomic E-state index is 14.0. The van der Waals surface area contributed by atoms with Gasteiger partial charge in [0.1, 0.15) is 11.6 Å². The molecule has 1 aromatic heterocycles. The predicted molar refractivity (Wildman–Crippen MR) is 125 cm³/mol. The van der Waals surface area contributed by atoms with Crippen molar-refractivity contribution in [2.24, 2.45) is 11.8 Å². The van der Waals surface area contributed by atoms with Gasteiger partial charge in [-0.05, 0) is 59.3 Å². The van der Waals surface area contributed by atoms with Crippen LogP contribution in [0, 0.1) is 18.8 Å². The molecule has 0 unspecified atom stereocenters. The average molecular weight is 514 g/mol. The van der Waals surface area contributed by atoms with Crippen molar-refractivity contribution in [3.05, 3.63) is 11.7 Å². The fraction of sp³-hybridized carbons (Fsp3) is 0.792. The molecule has 3 rings (SSSR count). The summed E-state index contributed by atoms with van der Waals surface area (Å²) in [5.74, 6) is -4.16. The molecule has 1 N–H and O–H groups in total. The molecule has 0 spiro atoms. The van der Waals surface area contributed by atoms with E-state index in [1.807, 2.05) is 0 Å². The van der Waals surface area contributed by atoms with Crippen LogP contribution in [0.2, 0.25) is 0 Å². The van der Waals surface area contributed by atoms with E-state index in [2.05, 4.69) is 15.5 Å². The number of nitrogens with zero attached hydrogens (tertiary/aromatic N) is 4. The first-order valence-electron chi connectivity index (χ1n) is 12.3. The number of carbonyl (C=O) groups excluding carboxylic acids is 3.